The third-order valence-corrected chi connectivity index (χ3v) is 8.74. The fourth-order valence-electron chi connectivity index (χ4n) is 5.02. The number of nitrogens with two attached hydrogens (primary N) is 1. The molecule has 0 radical (unpaired) electrons. The molecule has 3 heterocycles. The van der Waals surface area contributed by atoms with E-state index >= 15 is 0 Å². The number of nitrogens with zero attached hydrogens (tertiary/aromatic N) is 2. The van der Waals surface area contributed by atoms with Gasteiger partial charge in [-0.05, 0) is 76.7 Å². The highest BCUT2D eigenvalue weighted by molar-refractivity contribution is 7.14. The highest BCUT2D eigenvalue weighted by Gasteiger charge is 2.42. The number of fused-ring (bicyclic) bond motifs is 1. The Morgan fingerprint density at radius 1 is 1.17 bits per heavy atom. The van der Waals surface area contributed by atoms with E-state index in [4.69, 9.17) is 17.3 Å². The average Bonchev–Trinajstić information content (AvgIpc) is 3.14. The van der Waals surface area contributed by atoms with Gasteiger partial charge in [-0.25, -0.2) is 4.98 Å². The molecule has 1 amide bonds. The van der Waals surface area contributed by atoms with Crippen molar-refractivity contribution in [1.82, 2.24) is 20.5 Å². The summed E-state index contributed by atoms with van der Waals surface area (Å²) in [4.78, 5) is 21.0. The third kappa shape index (κ3) is 5.97. The number of pyridine rings is 1. The molecule has 6 nitrogen and oxygen atoms in total. The number of thiophene rings is 1. The number of aromatic nitrogens is 1. The molecule has 4 rings (SSSR count). The van der Waals surface area contributed by atoms with Crippen LogP contribution in [0.3, 0.4) is 0 Å². The molecule has 8 heteroatoms. The SMILES string of the molecule is C.CN1C(C)(C)CC(NCc2sc(C(=O)NCc3ccc4c(N)nccc4c3)cc2Cl)CC1(C)C. The van der Waals surface area contributed by atoms with Gasteiger partial charge in [0.25, 0.3) is 5.91 Å². The van der Waals surface area contributed by atoms with Gasteiger partial charge in [-0.2, -0.15) is 0 Å². The predicted octanol–water partition coefficient (Wildman–Crippen LogP) is 5.84. The van der Waals surface area contributed by atoms with E-state index in [0.717, 1.165) is 34.1 Å². The summed E-state index contributed by atoms with van der Waals surface area (Å²) in [6, 6.07) is 10.0. The largest absolute Gasteiger partial charge is 0.383 e. The van der Waals surface area contributed by atoms with E-state index in [-0.39, 0.29) is 24.4 Å². The molecule has 0 aliphatic carbocycles. The second kappa shape index (κ2) is 10.4. The first-order valence-electron chi connectivity index (χ1n) is 11.6. The maximum Gasteiger partial charge on any atom is 0.261 e. The molecular weight excluding hydrogens is 478 g/mol. The van der Waals surface area contributed by atoms with Crippen LogP contribution in [0.2, 0.25) is 5.02 Å². The molecule has 1 aliphatic rings. The molecule has 2 aromatic heterocycles. The number of rotatable bonds is 6. The van der Waals surface area contributed by atoms with E-state index in [2.05, 4.69) is 55.3 Å². The molecule has 4 N–H and O–H groups in total. The Labute approximate surface area is 218 Å². The van der Waals surface area contributed by atoms with Crippen LogP contribution in [0.15, 0.2) is 36.5 Å². The Bertz CT molecular complexity index is 1190. The second-order valence-electron chi connectivity index (χ2n) is 10.5. The summed E-state index contributed by atoms with van der Waals surface area (Å²) in [7, 11) is 2.21. The number of piperidine rings is 1. The molecular formula is C27H38ClN5OS. The van der Waals surface area contributed by atoms with E-state index in [1.165, 1.54) is 11.3 Å². The summed E-state index contributed by atoms with van der Waals surface area (Å²) < 4.78 is 0. The van der Waals surface area contributed by atoms with Gasteiger partial charge in [0.2, 0.25) is 0 Å². The van der Waals surface area contributed by atoms with Gasteiger partial charge in [-0.3, -0.25) is 9.69 Å². The Kier molecular flexibility index (Phi) is 8.16. The van der Waals surface area contributed by atoms with Crippen molar-refractivity contribution in [1.29, 1.82) is 0 Å². The molecule has 1 fully saturated rings. The number of hydrogen-bond acceptors (Lipinski definition) is 6. The molecule has 0 atom stereocenters. The van der Waals surface area contributed by atoms with Gasteiger partial charge < -0.3 is 16.4 Å². The fraction of sp³-hybridized carbons (Fsp3) is 0.481. The molecule has 0 spiro atoms. The van der Waals surface area contributed by atoms with Crippen LogP contribution in [0.1, 0.15) is 68.1 Å². The van der Waals surface area contributed by atoms with Crippen LogP contribution in [0.4, 0.5) is 5.82 Å². The minimum Gasteiger partial charge on any atom is -0.383 e. The minimum atomic E-state index is -0.117. The van der Waals surface area contributed by atoms with Crippen LogP contribution in [-0.2, 0) is 13.1 Å². The molecule has 0 bridgehead atoms. The number of likely N-dealkylation sites (tertiary alicyclic amines) is 1. The Balaban J connectivity index is 0.00000342. The highest BCUT2D eigenvalue weighted by Crippen LogP contribution is 2.37. The van der Waals surface area contributed by atoms with Crippen LogP contribution in [0.25, 0.3) is 10.8 Å². The first-order valence-corrected chi connectivity index (χ1v) is 12.8. The zero-order chi connectivity index (χ0) is 24.7. The second-order valence-corrected chi connectivity index (χ2v) is 12.0. The summed E-state index contributed by atoms with van der Waals surface area (Å²) in [6.45, 7) is 10.3. The quantitative estimate of drug-likeness (QED) is 0.384. The number of benzene rings is 1. The Morgan fingerprint density at radius 3 is 2.54 bits per heavy atom. The molecule has 35 heavy (non-hydrogen) atoms. The van der Waals surface area contributed by atoms with E-state index < -0.39 is 0 Å². The minimum absolute atomic E-state index is 0. The van der Waals surface area contributed by atoms with Crippen molar-refractivity contribution < 1.29 is 4.79 Å². The maximum atomic E-state index is 12.8. The van der Waals surface area contributed by atoms with Crippen molar-refractivity contribution in [2.45, 2.75) is 78.2 Å². The number of halogens is 1. The maximum absolute atomic E-state index is 12.8. The van der Waals surface area contributed by atoms with Gasteiger partial charge in [-0.15, -0.1) is 11.3 Å². The van der Waals surface area contributed by atoms with Crippen molar-refractivity contribution in [3.63, 3.8) is 0 Å². The van der Waals surface area contributed by atoms with E-state index in [1.807, 2.05) is 24.3 Å². The smallest absolute Gasteiger partial charge is 0.261 e. The standard InChI is InChI=1S/C26H34ClN5OS.CH4/c1-25(2)12-18(13-26(3,4)32(25)5)30-15-22-20(27)11-21(34-22)24(33)31-14-16-6-7-19-17(10-16)8-9-29-23(19)28;/h6-11,18,30H,12-15H2,1-5H3,(H2,28,29)(H,31,33);1H4. The Hall–Kier alpha value is -2.19. The number of anilines is 1. The average molecular weight is 516 g/mol. The lowest BCUT2D eigenvalue weighted by Crippen LogP contribution is -2.62. The zero-order valence-corrected chi connectivity index (χ0v) is 22.1. The lowest BCUT2D eigenvalue weighted by molar-refractivity contribution is -0.0183. The van der Waals surface area contributed by atoms with E-state index in [9.17, 15) is 4.79 Å². The molecule has 190 valence electrons. The van der Waals surface area contributed by atoms with Gasteiger partial charge >= 0.3 is 0 Å². The van der Waals surface area contributed by atoms with Gasteiger partial charge in [-0.1, -0.05) is 31.2 Å². The van der Waals surface area contributed by atoms with Crippen LogP contribution >= 0.6 is 22.9 Å². The monoisotopic (exact) mass is 515 g/mol. The molecule has 0 unspecified atom stereocenters. The number of hydrogen-bond donors (Lipinski definition) is 3. The third-order valence-electron chi connectivity index (χ3n) is 7.15. The van der Waals surface area contributed by atoms with Crippen LogP contribution < -0.4 is 16.4 Å². The number of carbonyl (C=O) groups is 1. The number of amides is 1. The van der Waals surface area contributed by atoms with Gasteiger partial charge in [0.05, 0.1) is 9.90 Å². The van der Waals surface area contributed by atoms with Crippen molar-refractivity contribution >= 4 is 45.4 Å². The topological polar surface area (TPSA) is 83.3 Å². The highest BCUT2D eigenvalue weighted by atomic mass is 35.5. The molecule has 1 saturated heterocycles. The van der Waals surface area contributed by atoms with Crippen LogP contribution in [-0.4, -0.2) is 40.0 Å². The first kappa shape index (κ1) is 27.4. The van der Waals surface area contributed by atoms with Crippen molar-refractivity contribution in [2.75, 3.05) is 12.8 Å². The van der Waals surface area contributed by atoms with Gasteiger partial charge in [0.15, 0.2) is 0 Å². The lowest BCUT2D eigenvalue weighted by atomic mass is 9.77. The molecule has 1 aliphatic heterocycles. The molecule has 3 aromatic rings. The number of carbonyl (C=O) groups excluding carboxylic acids is 1. The summed E-state index contributed by atoms with van der Waals surface area (Å²) in [5, 5.41) is 9.26. The molecule has 1 aromatic carbocycles. The Morgan fingerprint density at radius 2 is 1.86 bits per heavy atom. The van der Waals surface area contributed by atoms with E-state index in [1.54, 1.807) is 12.3 Å². The number of nitrogen functional groups attached to an aromatic ring is 1. The first-order chi connectivity index (χ1) is 16.0. The van der Waals surface area contributed by atoms with Crippen molar-refractivity contribution in [3.8, 4) is 0 Å². The van der Waals surface area contributed by atoms with E-state index in [0.29, 0.717) is 34.8 Å². The van der Waals surface area contributed by atoms with Gasteiger partial charge in [0.1, 0.15) is 5.82 Å². The summed E-state index contributed by atoms with van der Waals surface area (Å²) in [6.07, 6.45) is 3.82. The normalized spacial score (nSPS) is 17.8. The van der Waals surface area contributed by atoms with Crippen LogP contribution in [0.5, 0.6) is 0 Å². The summed E-state index contributed by atoms with van der Waals surface area (Å²) in [5.41, 5.74) is 7.17. The summed E-state index contributed by atoms with van der Waals surface area (Å²) >= 11 is 7.96. The number of nitrogens with one attached hydrogen (secondary N) is 2. The van der Waals surface area contributed by atoms with Crippen molar-refractivity contribution in [2.24, 2.45) is 0 Å². The molecule has 0 saturated carbocycles. The van der Waals surface area contributed by atoms with Crippen molar-refractivity contribution in [3.05, 3.63) is 56.9 Å². The predicted molar refractivity (Wildman–Crippen MR) is 149 cm³/mol. The fourth-order valence-corrected chi connectivity index (χ4v) is 6.30. The summed E-state index contributed by atoms with van der Waals surface area (Å²) in [5.74, 6) is 0.392. The zero-order valence-electron chi connectivity index (χ0n) is 20.5. The lowest BCUT2D eigenvalue weighted by Gasteiger charge is -2.53. The van der Waals surface area contributed by atoms with Gasteiger partial charge in [0, 0.05) is 46.7 Å². The van der Waals surface area contributed by atoms with Crippen LogP contribution in [0, 0.1) is 0 Å².